The number of likely N-dealkylation sites (N-methyl/N-ethyl adjacent to an activating group) is 1. The van der Waals surface area contributed by atoms with Crippen LogP contribution in [-0.2, 0) is 16.0 Å². The van der Waals surface area contributed by atoms with E-state index in [1.54, 1.807) is 19.0 Å². The molecule has 1 saturated heterocycles. The smallest absolute Gasteiger partial charge is 0.253 e. The van der Waals surface area contributed by atoms with Crippen LogP contribution in [0.4, 0.5) is 0 Å². The summed E-state index contributed by atoms with van der Waals surface area (Å²) < 4.78 is 5.64. The summed E-state index contributed by atoms with van der Waals surface area (Å²) in [5.74, 6) is 0.128. The number of amides is 2. The van der Waals surface area contributed by atoms with E-state index in [-0.39, 0.29) is 17.9 Å². The minimum atomic E-state index is 0.0485. The zero-order valence-corrected chi connectivity index (χ0v) is 16.9. The Bertz CT molecular complexity index is 830. The lowest BCUT2D eigenvalue weighted by molar-refractivity contribution is -0.127. The van der Waals surface area contributed by atoms with E-state index in [1.165, 1.54) is 0 Å². The molecule has 0 radical (unpaired) electrons. The van der Waals surface area contributed by atoms with E-state index in [2.05, 4.69) is 0 Å². The molecule has 1 aliphatic rings. The molecule has 2 aromatic carbocycles. The Morgan fingerprint density at radius 2 is 1.86 bits per heavy atom. The highest BCUT2D eigenvalue weighted by Crippen LogP contribution is 2.22. The molecule has 28 heavy (non-hydrogen) atoms. The van der Waals surface area contributed by atoms with Crippen molar-refractivity contribution in [3.05, 3.63) is 59.7 Å². The van der Waals surface area contributed by atoms with Crippen LogP contribution in [0.25, 0.3) is 11.1 Å². The second-order valence-electron chi connectivity index (χ2n) is 7.53. The van der Waals surface area contributed by atoms with Crippen LogP contribution in [-0.4, -0.2) is 61.5 Å². The molecule has 2 amide bonds. The summed E-state index contributed by atoms with van der Waals surface area (Å²) in [5, 5.41) is 0. The molecule has 0 aliphatic carbocycles. The molecule has 0 aromatic heterocycles. The first-order valence-electron chi connectivity index (χ1n) is 9.74. The summed E-state index contributed by atoms with van der Waals surface area (Å²) in [6, 6.07) is 15.7. The first-order chi connectivity index (χ1) is 13.4. The minimum Gasteiger partial charge on any atom is -0.377 e. The van der Waals surface area contributed by atoms with Crippen molar-refractivity contribution in [1.29, 1.82) is 0 Å². The Morgan fingerprint density at radius 3 is 2.57 bits per heavy atom. The normalized spacial score (nSPS) is 17.1. The van der Waals surface area contributed by atoms with Gasteiger partial charge in [0.2, 0.25) is 5.91 Å². The molecule has 0 saturated carbocycles. The van der Waals surface area contributed by atoms with Crippen molar-refractivity contribution in [1.82, 2.24) is 9.80 Å². The summed E-state index contributed by atoms with van der Waals surface area (Å²) in [6.45, 7) is 4.05. The van der Waals surface area contributed by atoms with Crippen LogP contribution in [0.1, 0.15) is 29.3 Å². The van der Waals surface area contributed by atoms with E-state index in [9.17, 15) is 9.59 Å². The standard InChI is InChI=1S/C23H28N2O3/c1-17-16-25(12-5-13-28-17)23(27)21-7-4-6-20(15-21)19-10-8-18(9-11-19)14-22(26)24(2)3/h4,6-11,15,17H,5,12-14,16H2,1-3H3. The van der Waals surface area contributed by atoms with E-state index < -0.39 is 0 Å². The van der Waals surface area contributed by atoms with Crippen molar-refractivity contribution in [2.75, 3.05) is 33.8 Å². The average Bonchev–Trinajstić information content (AvgIpc) is 2.92. The van der Waals surface area contributed by atoms with Gasteiger partial charge >= 0.3 is 0 Å². The van der Waals surface area contributed by atoms with Gasteiger partial charge in [-0.05, 0) is 42.2 Å². The van der Waals surface area contributed by atoms with Gasteiger partial charge in [-0.25, -0.2) is 0 Å². The summed E-state index contributed by atoms with van der Waals surface area (Å²) in [7, 11) is 3.52. The molecule has 1 atom stereocenters. The van der Waals surface area contributed by atoms with Crippen molar-refractivity contribution in [3.8, 4) is 11.1 Å². The van der Waals surface area contributed by atoms with Crippen LogP contribution >= 0.6 is 0 Å². The summed E-state index contributed by atoms with van der Waals surface area (Å²) in [6.07, 6.45) is 1.32. The number of hydrogen-bond acceptors (Lipinski definition) is 3. The van der Waals surface area contributed by atoms with Crippen LogP contribution in [0.5, 0.6) is 0 Å². The van der Waals surface area contributed by atoms with Gasteiger partial charge in [-0.3, -0.25) is 9.59 Å². The third-order valence-electron chi connectivity index (χ3n) is 4.99. The second kappa shape index (κ2) is 9.02. The van der Waals surface area contributed by atoms with E-state index in [0.717, 1.165) is 29.7 Å². The molecule has 1 unspecified atom stereocenters. The predicted molar refractivity (Wildman–Crippen MR) is 110 cm³/mol. The largest absolute Gasteiger partial charge is 0.377 e. The molecule has 1 heterocycles. The lowest BCUT2D eigenvalue weighted by Gasteiger charge is -2.22. The Morgan fingerprint density at radius 1 is 1.11 bits per heavy atom. The van der Waals surface area contributed by atoms with Gasteiger partial charge in [0, 0.05) is 39.4 Å². The Labute approximate surface area is 166 Å². The number of carbonyl (C=O) groups excluding carboxylic acids is 2. The van der Waals surface area contributed by atoms with Gasteiger partial charge in [0.1, 0.15) is 0 Å². The van der Waals surface area contributed by atoms with Gasteiger partial charge < -0.3 is 14.5 Å². The van der Waals surface area contributed by atoms with Crippen molar-refractivity contribution >= 4 is 11.8 Å². The number of hydrogen-bond donors (Lipinski definition) is 0. The quantitative estimate of drug-likeness (QED) is 0.818. The Kier molecular flexibility index (Phi) is 6.47. The molecule has 0 N–H and O–H groups in total. The zero-order chi connectivity index (χ0) is 20.1. The predicted octanol–water partition coefficient (Wildman–Crippen LogP) is 3.24. The molecular formula is C23H28N2O3. The van der Waals surface area contributed by atoms with Crippen molar-refractivity contribution in [2.45, 2.75) is 25.9 Å². The lowest BCUT2D eigenvalue weighted by Crippen LogP contribution is -2.35. The third kappa shape index (κ3) is 4.98. The first-order valence-corrected chi connectivity index (χ1v) is 9.74. The molecule has 2 aromatic rings. The van der Waals surface area contributed by atoms with Crippen LogP contribution in [0, 0.1) is 0 Å². The maximum Gasteiger partial charge on any atom is 0.253 e. The van der Waals surface area contributed by atoms with E-state index >= 15 is 0 Å². The maximum atomic E-state index is 12.9. The molecule has 1 aliphatic heterocycles. The highest BCUT2D eigenvalue weighted by atomic mass is 16.5. The van der Waals surface area contributed by atoms with E-state index in [1.807, 2.05) is 60.4 Å². The monoisotopic (exact) mass is 380 g/mol. The van der Waals surface area contributed by atoms with Gasteiger partial charge in [-0.15, -0.1) is 0 Å². The number of rotatable bonds is 4. The summed E-state index contributed by atoms with van der Waals surface area (Å²) in [4.78, 5) is 28.3. The first kappa shape index (κ1) is 20.1. The number of benzene rings is 2. The topological polar surface area (TPSA) is 49.9 Å². The summed E-state index contributed by atoms with van der Waals surface area (Å²) >= 11 is 0. The molecule has 0 bridgehead atoms. The molecule has 5 heteroatoms. The second-order valence-corrected chi connectivity index (χ2v) is 7.53. The fourth-order valence-corrected chi connectivity index (χ4v) is 3.34. The molecule has 0 spiro atoms. The molecule has 148 valence electrons. The zero-order valence-electron chi connectivity index (χ0n) is 16.9. The number of ether oxygens (including phenoxy) is 1. The van der Waals surface area contributed by atoms with Gasteiger partial charge in [0.15, 0.2) is 0 Å². The third-order valence-corrected chi connectivity index (χ3v) is 4.99. The molecule has 3 rings (SSSR count). The average molecular weight is 380 g/mol. The van der Waals surface area contributed by atoms with Crippen LogP contribution in [0.2, 0.25) is 0 Å². The highest BCUT2D eigenvalue weighted by molar-refractivity contribution is 5.95. The van der Waals surface area contributed by atoms with Gasteiger partial charge in [-0.2, -0.15) is 0 Å². The van der Waals surface area contributed by atoms with Crippen LogP contribution in [0.15, 0.2) is 48.5 Å². The van der Waals surface area contributed by atoms with Gasteiger partial charge in [0.05, 0.1) is 12.5 Å². The minimum absolute atomic E-state index is 0.0485. The Hall–Kier alpha value is -2.66. The maximum absolute atomic E-state index is 12.9. The molecule has 1 fully saturated rings. The van der Waals surface area contributed by atoms with E-state index in [4.69, 9.17) is 4.74 Å². The number of nitrogens with zero attached hydrogens (tertiary/aromatic N) is 2. The highest BCUT2D eigenvalue weighted by Gasteiger charge is 2.21. The fourth-order valence-electron chi connectivity index (χ4n) is 3.34. The fraction of sp³-hybridized carbons (Fsp3) is 0.391. The van der Waals surface area contributed by atoms with E-state index in [0.29, 0.717) is 25.1 Å². The van der Waals surface area contributed by atoms with Crippen LogP contribution in [0.3, 0.4) is 0 Å². The SMILES string of the molecule is CC1CN(C(=O)c2cccc(-c3ccc(CC(=O)N(C)C)cc3)c2)CCCO1. The van der Waals surface area contributed by atoms with Crippen molar-refractivity contribution < 1.29 is 14.3 Å². The Balaban J connectivity index is 1.75. The molecular weight excluding hydrogens is 352 g/mol. The van der Waals surface area contributed by atoms with Gasteiger partial charge in [-0.1, -0.05) is 36.4 Å². The molecule has 5 nitrogen and oxygen atoms in total. The van der Waals surface area contributed by atoms with Gasteiger partial charge in [0.25, 0.3) is 5.91 Å². The van der Waals surface area contributed by atoms with Crippen molar-refractivity contribution in [2.24, 2.45) is 0 Å². The van der Waals surface area contributed by atoms with Crippen molar-refractivity contribution in [3.63, 3.8) is 0 Å². The van der Waals surface area contributed by atoms with Crippen LogP contribution < -0.4 is 0 Å². The lowest BCUT2D eigenvalue weighted by atomic mass is 10.0. The summed E-state index contributed by atoms with van der Waals surface area (Å²) in [5.41, 5.74) is 3.70. The number of carbonyl (C=O) groups is 2.